The van der Waals surface area contributed by atoms with Crippen LogP contribution in [0.1, 0.15) is 38.1 Å². The Balaban J connectivity index is 2.86. The molecule has 0 aromatic heterocycles. The minimum absolute atomic E-state index is 0.231. The van der Waals surface area contributed by atoms with E-state index in [0.29, 0.717) is 5.56 Å². The van der Waals surface area contributed by atoms with Gasteiger partial charge in [0, 0.05) is 11.4 Å². The van der Waals surface area contributed by atoms with Crippen molar-refractivity contribution < 1.29 is 18.4 Å². The zero-order valence-electron chi connectivity index (χ0n) is 12.3. The Labute approximate surface area is 120 Å². The molecule has 1 aromatic carbocycles. The standard InChI is InChI=1S/C15H21O4P/c1-12(2)18-20(17,19-13(3)4)11-10-15(16)14-8-6-5-7-9-14/h5-13H,1-4H3. The molecule has 0 aliphatic carbocycles. The predicted molar refractivity (Wildman–Crippen MR) is 80.0 cm³/mol. The monoisotopic (exact) mass is 296 g/mol. The molecule has 0 bridgehead atoms. The number of carbonyl (C=O) groups excluding carboxylic acids is 1. The highest BCUT2D eigenvalue weighted by atomic mass is 31.2. The zero-order valence-corrected chi connectivity index (χ0v) is 13.2. The van der Waals surface area contributed by atoms with Gasteiger partial charge in [-0.2, -0.15) is 0 Å². The number of allylic oxidation sites excluding steroid dienone is 1. The van der Waals surface area contributed by atoms with Gasteiger partial charge in [-0.15, -0.1) is 0 Å². The van der Waals surface area contributed by atoms with Crippen molar-refractivity contribution in [3.8, 4) is 0 Å². The van der Waals surface area contributed by atoms with E-state index in [1.165, 1.54) is 11.9 Å². The molecule has 0 unspecified atom stereocenters. The Morgan fingerprint density at radius 3 is 2.00 bits per heavy atom. The third kappa shape index (κ3) is 5.83. The van der Waals surface area contributed by atoms with Gasteiger partial charge in [0.25, 0.3) is 0 Å². The van der Waals surface area contributed by atoms with E-state index in [9.17, 15) is 9.36 Å². The van der Waals surface area contributed by atoms with Crippen LogP contribution in [0.25, 0.3) is 0 Å². The number of ketones is 1. The average Bonchev–Trinajstić information content (AvgIpc) is 2.35. The smallest absolute Gasteiger partial charge is 0.303 e. The summed E-state index contributed by atoms with van der Waals surface area (Å²) in [5.41, 5.74) is 0.532. The molecular weight excluding hydrogens is 275 g/mol. The van der Waals surface area contributed by atoms with Crippen molar-refractivity contribution in [2.24, 2.45) is 0 Å². The van der Waals surface area contributed by atoms with Gasteiger partial charge in [0.05, 0.1) is 12.2 Å². The van der Waals surface area contributed by atoms with Crippen LogP contribution in [-0.4, -0.2) is 18.0 Å². The first-order chi connectivity index (χ1) is 9.32. The molecule has 1 rings (SSSR count). The summed E-state index contributed by atoms with van der Waals surface area (Å²) in [6.07, 6.45) is 0.744. The molecule has 20 heavy (non-hydrogen) atoms. The second kappa shape index (κ2) is 7.53. The first-order valence-electron chi connectivity index (χ1n) is 6.57. The van der Waals surface area contributed by atoms with Crippen LogP contribution in [0.4, 0.5) is 0 Å². The van der Waals surface area contributed by atoms with Gasteiger partial charge in [-0.25, -0.2) is 0 Å². The fraction of sp³-hybridized carbons (Fsp3) is 0.400. The van der Waals surface area contributed by atoms with Crippen molar-refractivity contribution in [1.82, 2.24) is 0 Å². The molecule has 0 amide bonds. The molecule has 0 fully saturated rings. The normalized spacial score (nSPS) is 12.5. The summed E-state index contributed by atoms with van der Waals surface area (Å²) in [5, 5.41) is 0. The quantitative estimate of drug-likeness (QED) is 0.424. The van der Waals surface area contributed by atoms with Gasteiger partial charge in [-0.1, -0.05) is 30.3 Å². The lowest BCUT2D eigenvalue weighted by atomic mass is 10.1. The summed E-state index contributed by atoms with van der Waals surface area (Å²) >= 11 is 0. The lowest BCUT2D eigenvalue weighted by molar-refractivity contribution is 0.104. The van der Waals surface area contributed by atoms with Crippen LogP contribution in [-0.2, 0) is 13.6 Å². The van der Waals surface area contributed by atoms with E-state index in [2.05, 4.69) is 0 Å². The molecule has 0 aliphatic heterocycles. The van der Waals surface area contributed by atoms with E-state index in [-0.39, 0.29) is 18.0 Å². The highest BCUT2D eigenvalue weighted by Gasteiger charge is 2.24. The summed E-state index contributed by atoms with van der Waals surface area (Å²) in [6.45, 7) is 7.07. The largest absolute Gasteiger partial charge is 0.354 e. The fourth-order valence-electron chi connectivity index (χ4n) is 1.54. The van der Waals surface area contributed by atoms with Gasteiger partial charge in [-0.3, -0.25) is 9.36 Å². The Morgan fingerprint density at radius 2 is 1.55 bits per heavy atom. The molecule has 0 atom stereocenters. The molecule has 110 valence electrons. The third-order valence-electron chi connectivity index (χ3n) is 2.18. The van der Waals surface area contributed by atoms with Gasteiger partial charge in [0.1, 0.15) is 0 Å². The summed E-state index contributed by atoms with van der Waals surface area (Å²) in [4.78, 5) is 11.9. The second-order valence-electron chi connectivity index (χ2n) is 4.89. The Morgan fingerprint density at radius 1 is 1.05 bits per heavy atom. The van der Waals surface area contributed by atoms with Crippen molar-refractivity contribution in [1.29, 1.82) is 0 Å². The minimum Gasteiger partial charge on any atom is -0.303 e. The number of hydrogen-bond acceptors (Lipinski definition) is 4. The van der Waals surface area contributed by atoms with E-state index in [4.69, 9.17) is 9.05 Å². The van der Waals surface area contributed by atoms with Crippen LogP contribution < -0.4 is 0 Å². The van der Waals surface area contributed by atoms with E-state index < -0.39 is 7.60 Å². The van der Waals surface area contributed by atoms with Gasteiger partial charge in [-0.05, 0) is 33.8 Å². The molecule has 5 heteroatoms. The summed E-state index contributed by atoms with van der Waals surface area (Å²) in [6, 6.07) is 8.77. The van der Waals surface area contributed by atoms with E-state index in [0.717, 1.165) is 0 Å². The molecule has 0 saturated heterocycles. The van der Waals surface area contributed by atoms with E-state index in [1.807, 2.05) is 6.07 Å². The van der Waals surface area contributed by atoms with Gasteiger partial charge in [0.2, 0.25) is 0 Å². The first-order valence-corrected chi connectivity index (χ1v) is 8.19. The van der Waals surface area contributed by atoms with Crippen LogP contribution in [0.3, 0.4) is 0 Å². The Hall–Kier alpha value is -1.22. The summed E-state index contributed by atoms with van der Waals surface area (Å²) < 4.78 is 23.1. The number of benzene rings is 1. The van der Waals surface area contributed by atoms with Crippen molar-refractivity contribution >= 4 is 13.4 Å². The molecule has 4 nitrogen and oxygen atoms in total. The maximum atomic E-state index is 12.5. The van der Waals surface area contributed by atoms with Gasteiger partial charge in [0.15, 0.2) is 5.78 Å². The molecular formula is C15H21O4P. The Kier molecular flexibility index (Phi) is 6.34. The molecule has 0 heterocycles. The highest BCUT2D eigenvalue weighted by molar-refractivity contribution is 7.57. The molecule has 0 N–H and O–H groups in total. The number of hydrogen-bond donors (Lipinski definition) is 0. The van der Waals surface area contributed by atoms with Crippen LogP contribution in [0.15, 0.2) is 42.2 Å². The third-order valence-corrected chi connectivity index (χ3v) is 4.13. The van der Waals surface area contributed by atoms with Crippen LogP contribution in [0, 0.1) is 0 Å². The number of rotatable bonds is 7. The second-order valence-corrected chi connectivity index (χ2v) is 6.69. The molecule has 0 radical (unpaired) electrons. The van der Waals surface area contributed by atoms with Crippen molar-refractivity contribution in [2.45, 2.75) is 39.9 Å². The first kappa shape index (κ1) is 16.8. The van der Waals surface area contributed by atoms with Gasteiger partial charge >= 0.3 is 7.60 Å². The number of carbonyl (C=O) groups is 1. The van der Waals surface area contributed by atoms with E-state index >= 15 is 0 Å². The topological polar surface area (TPSA) is 52.6 Å². The summed E-state index contributed by atoms with van der Waals surface area (Å²) in [5.74, 6) is 1.01. The molecule has 0 aliphatic rings. The van der Waals surface area contributed by atoms with Gasteiger partial charge < -0.3 is 9.05 Å². The molecule has 0 spiro atoms. The van der Waals surface area contributed by atoms with Crippen molar-refractivity contribution in [3.05, 3.63) is 47.8 Å². The molecule has 1 aromatic rings. The maximum absolute atomic E-state index is 12.5. The van der Waals surface area contributed by atoms with E-state index in [1.54, 1.807) is 52.0 Å². The van der Waals surface area contributed by atoms with Crippen molar-refractivity contribution in [3.63, 3.8) is 0 Å². The lowest BCUT2D eigenvalue weighted by Gasteiger charge is -2.19. The van der Waals surface area contributed by atoms with Crippen molar-refractivity contribution in [2.75, 3.05) is 0 Å². The molecule has 0 saturated carbocycles. The van der Waals surface area contributed by atoms with Crippen LogP contribution in [0.2, 0.25) is 0 Å². The van der Waals surface area contributed by atoms with Crippen LogP contribution >= 0.6 is 7.60 Å². The zero-order chi connectivity index (χ0) is 15.2. The van der Waals surface area contributed by atoms with Crippen LogP contribution in [0.5, 0.6) is 0 Å². The minimum atomic E-state index is -3.41. The lowest BCUT2D eigenvalue weighted by Crippen LogP contribution is -2.06. The fourth-order valence-corrected chi connectivity index (χ4v) is 3.22. The average molecular weight is 296 g/mol. The maximum Gasteiger partial charge on any atom is 0.354 e. The SMILES string of the molecule is CC(C)OP(=O)(C=CC(=O)c1ccccc1)OC(C)C. The highest BCUT2D eigenvalue weighted by Crippen LogP contribution is 2.52. The predicted octanol–water partition coefficient (Wildman–Crippen LogP) is 4.43. The summed E-state index contributed by atoms with van der Waals surface area (Å²) in [7, 11) is -3.41. The Bertz CT molecular complexity index is 492.